The first kappa shape index (κ1) is 14.6. The van der Waals surface area contributed by atoms with Crippen molar-refractivity contribution >= 4 is 0 Å². The van der Waals surface area contributed by atoms with Crippen molar-refractivity contribution in [2.24, 2.45) is 0 Å². The van der Waals surface area contributed by atoms with Crippen molar-refractivity contribution in [2.45, 2.75) is 77.7 Å². The Kier molecular flexibility index (Phi) is 5.06. The second kappa shape index (κ2) is 6.58. The molecule has 0 aromatic carbocycles. The largest absolute Gasteiger partial charge is 0.468 e. The van der Waals surface area contributed by atoms with Crippen LogP contribution in [0.5, 0.6) is 0 Å². The third-order valence-corrected chi connectivity index (χ3v) is 3.64. The molecule has 1 heterocycles. The molecule has 1 aliphatic rings. The Morgan fingerprint density at radius 1 is 1.26 bits per heavy atom. The molecule has 0 aliphatic heterocycles. The highest BCUT2D eigenvalue weighted by atomic mass is 16.5. The molecule has 0 saturated heterocycles. The van der Waals surface area contributed by atoms with Gasteiger partial charge in [0.15, 0.2) is 0 Å². The quantitative estimate of drug-likeness (QED) is 0.873. The monoisotopic (exact) mass is 265 g/mol. The molecule has 0 spiro atoms. The average molecular weight is 265 g/mol. The van der Waals surface area contributed by atoms with E-state index in [4.69, 9.17) is 9.15 Å². The van der Waals surface area contributed by atoms with Gasteiger partial charge in [-0.1, -0.05) is 19.3 Å². The topological polar surface area (TPSA) is 34.4 Å². The molecule has 19 heavy (non-hydrogen) atoms. The Bertz CT molecular complexity index is 372. The van der Waals surface area contributed by atoms with E-state index < -0.39 is 0 Å². The van der Waals surface area contributed by atoms with Gasteiger partial charge in [-0.15, -0.1) is 0 Å². The van der Waals surface area contributed by atoms with Gasteiger partial charge in [0.1, 0.15) is 5.76 Å². The van der Waals surface area contributed by atoms with E-state index in [1.54, 1.807) is 6.26 Å². The molecule has 1 aromatic rings. The van der Waals surface area contributed by atoms with Crippen molar-refractivity contribution in [3.05, 3.63) is 23.7 Å². The van der Waals surface area contributed by atoms with Gasteiger partial charge in [-0.25, -0.2) is 0 Å². The molecular weight excluding hydrogens is 238 g/mol. The van der Waals surface area contributed by atoms with Crippen LogP contribution in [0.2, 0.25) is 0 Å². The molecule has 0 amide bonds. The summed E-state index contributed by atoms with van der Waals surface area (Å²) in [6.07, 6.45) is 8.64. The zero-order valence-electron chi connectivity index (χ0n) is 12.5. The molecule has 0 atom stereocenters. The summed E-state index contributed by atoms with van der Waals surface area (Å²) in [5, 5.41) is 3.45. The predicted octanol–water partition coefficient (Wildman–Crippen LogP) is 4.02. The standard InChI is InChI=1S/C16H27NO2/c1-16(2,3)17-11-15-13(9-10-18-15)12-19-14-7-5-4-6-8-14/h9-10,14,17H,4-8,11-12H2,1-3H3. The number of hydrogen-bond donors (Lipinski definition) is 1. The molecule has 0 bridgehead atoms. The van der Waals surface area contributed by atoms with Gasteiger partial charge in [0.05, 0.1) is 25.5 Å². The molecule has 1 fully saturated rings. The highest BCUT2D eigenvalue weighted by Crippen LogP contribution is 2.22. The first-order chi connectivity index (χ1) is 9.04. The van der Waals surface area contributed by atoms with E-state index in [0.717, 1.165) is 12.3 Å². The van der Waals surface area contributed by atoms with Crippen molar-refractivity contribution in [3.8, 4) is 0 Å². The maximum Gasteiger partial charge on any atom is 0.123 e. The van der Waals surface area contributed by atoms with Crippen LogP contribution in [0.1, 0.15) is 64.2 Å². The van der Waals surface area contributed by atoms with Crippen LogP contribution >= 0.6 is 0 Å². The van der Waals surface area contributed by atoms with Gasteiger partial charge in [0, 0.05) is 11.1 Å². The summed E-state index contributed by atoms with van der Waals surface area (Å²) in [5.74, 6) is 1.01. The van der Waals surface area contributed by atoms with Crippen LogP contribution in [0.3, 0.4) is 0 Å². The molecule has 108 valence electrons. The Morgan fingerprint density at radius 3 is 2.68 bits per heavy atom. The summed E-state index contributed by atoms with van der Waals surface area (Å²) in [7, 11) is 0. The number of nitrogens with one attached hydrogen (secondary N) is 1. The Balaban J connectivity index is 1.81. The zero-order chi connectivity index (χ0) is 13.7. The molecule has 2 rings (SSSR count). The van der Waals surface area contributed by atoms with Crippen LogP contribution in [-0.2, 0) is 17.9 Å². The minimum atomic E-state index is 0.105. The van der Waals surface area contributed by atoms with Crippen molar-refractivity contribution < 1.29 is 9.15 Å². The summed E-state index contributed by atoms with van der Waals surface area (Å²) in [6.45, 7) is 7.93. The molecular formula is C16H27NO2. The lowest BCUT2D eigenvalue weighted by Crippen LogP contribution is -2.35. The molecule has 0 radical (unpaired) electrons. The highest BCUT2D eigenvalue weighted by molar-refractivity contribution is 5.16. The Labute approximate surface area is 116 Å². The Hall–Kier alpha value is -0.800. The van der Waals surface area contributed by atoms with E-state index in [0.29, 0.717) is 12.7 Å². The maximum atomic E-state index is 6.01. The second-order valence-electron chi connectivity index (χ2n) is 6.54. The van der Waals surface area contributed by atoms with E-state index in [1.807, 2.05) is 6.07 Å². The number of hydrogen-bond acceptors (Lipinski definition) is 3. The summed E-state index contributed by atoms with van der Waals surface area (Å²) in [4.78, 5) is 0. The minimum Gasteiger partial charge on any atom is -0.468 e. The first-order valence-corrected chi connectivity index (χ1v) is 7.46. The fraction of sp³-hybridized carbons (Fsp3) is 0.750. The van der Waals surface area contributed by atoms with Crippen molar-refractivity contribution in [3.63, 3.8) is 0 Å². The van der Waals surface area contributed by atoms with Gasteiger partial charge in [0.2, 0.25) is 0 Å². The fourth-order valence-corrected chi connectivity index (χ4v) is 2.44. The second-order valence-corrected chi connectivity index (χ2v) is 6.54. The average Bonchev–Trinajstić information content (AvgIpc) is 2.82. The van der Waals surface area contributed by atoms with E-state index in [2.05, 4.69) is 26.1 Å². The fourth-order valence-electron chi connectivity index (χ4n) is 2.44. The summed E-state index contributed by atoms with van der Waals surface area (Å²) in [5.41, 5.74) is 1.29. The van der Waals surface area contributed by atoms with Gasteiger partial charge in [0.25, 0.3) is 0 Å². The van der Waals surface area contributed by atoms with Crippen LogP contribution in [0.25, 0.3) is 0 Å². The number of ether oxygens (including phenoxy) is 1. The van der Waals surface area contributed by atoms with Crippen LogP contribution in [-0.4, -0.2) is 11.6 Å². The lowest BCUT2D eigenvalue weighted by atomic mass is 9.98. The number of furan rings is 1. The molecule has 3 nitrogen and oxygen atoms in total. The van der Waals surface area contributed by atoms with Crippen molar-refractivity contribution in [1.29, 1.82) is 0 Å². The van der Waals surface area contributed by atoms with E-state index in [1.165, 1.54) is 37.7 Å². The first-order valence-electron chi connectivity index (χ1n) is 7.46. The van der Waals surface area contributed by atoms with Crippen LogP contribution in [0.15, 0.2) is 16.7 Å². The molecule has 0 unspecified atom stereocenters. The summed E-state index contributed by atoms with van der Waals surface area (Å²) in [6, 6.07) is 2.03. The minimum absolute atomic E-state index is 0.105. The van der Waals surface area contributed by atoms with Gasteiger partial charge in [-0.3, -0.25) is 0 Å². The van der Waals surface area contributed by atoms with Gasteiger partial charge in [-0.05, 0) is 39.7 Å². The van der Waals surface area contributed by atoms with Gasteiger partial charge >= 0.3 is 0 Å². The van der Waals surface area contributed by atoms with E-state index in [-0.39, 0.29) is 5.54 Å². The predicted molar refractivity (Wildman–Crippen MR) is 77.0 cm³/mol. The summed E-state index contributed by atoms with van der Waals surface area (Å²) < 4.78 is 11.6. The molecule has 1 N–H and O–H groups in total. The van der Waals surface area contributed by atoms with Gasteiger partial charge < -0.3 is 14.5 Å². The van der Waals surface area contributed by atoms with Crippen LogP contribution in [0.4, 0.5) is 0 Å². The zero-order valence-corrected chi connectivity index (χ0v) is 12.5. The highest BCUT2D eigenvalue weighted by Gasteiger charge is 2.16. The number of rotatable bonds is 5. The third kappa shape index (κ3) is 5.00. The SMILES string of the molecule is CC(C)(C)NCc1occc1COC1CCCCC1. The lowest BCUT2D eigenvalue weighted by Gasteiger charge is -2.22. The maximum absolute atomic E-state index is 6.01. The third-order valence-electron chi connectivity index (χ3n) is 3.64. The summed E-state index contributed by atoms with van der Waals surface area (Å²) >= 11 is 0. The molecule has 3 heteroatoms. The van der Waals surface area contributed by atoms with Gasteiger partial charge in [-0.2, -0.15) is 0 Å². The van der Waals surface area contributed by atoms with E-state index >= 15 is 0 Å². The van der Waals surface area contributed by atoms with Crippen molar-refractivity contribution in [1.82, 2.24) is 5.32 Å². The molecule has 1 saturated carbocycles. The lowest BCUT2D eigenvalue weighted by molar-refractivity contribution is 0.0161. The van der Waals surface area contributed by atoms with Crippen LogP contribution in [0, 0.1) is 0 Å². The van der Waals surface area contributed by atoms with Crippen LogP contribution < -0.4 is 5.32 Å². The molecule has 1 aromatic heterocycles. The van der Waals surface area contributed by atoms with E-state index in [9.17, 15) is 0 Å². The normalized spacial score (nSPS) is 17.8. The molecule has 1 aliphatic carbocycles. The smallest absolute Gasteiger partial charge is 0.123 e. The van der Waals surface area contributed by atoms with Crippen molar-refractivity contribution in [2.75, 3.05) is 0 Å². The Morgan fingerprint density at radius 2 is 2.00 bits per heavy atom.